The van der Waals surface area contributed by atoms with Crippen molar-refractivity contribution in [3.8, 4) is 6.07 Å². The van der Waals surface area contributed by atoms with Gasteiger partial charge in [0.2, 0.25) is 0 Å². The van der Waals surface area contributed by atoms with Gasteiger partial charge in [0.1, 0.15) is 21.8 Å². The van der Waals surface area contributed by atoms with Crippen molar-refractivity contribution < 1.29 is 9.53 Å². The van der Waals surface area contributed by atoms with Gasteiger partial charge < -0.3 is 9.64 Å². The van der Waals surface area contributed by atoms with Gasteiger partial charge in [-0.3, -0.25) is 19.1 Å². The number of amides is 1. The minimum atomic E-state index is -0.302. The molecule has 200 valence electrons. The number of nitrogens with zero attached hydrogens (tertiary/aromatic N) is 4. The van der Waals surface area contributed by atoms with Crippen LogP contribution in [0.1, 0.15) is 55.9 Å². The Morgan fingerprint density at radius 3 is 2.55 bits per heavy atom. The van der Waals surface area contributed by atoms with Crippen molar-refractivity contribution in [3.63, 3.8) is 0 Å². The Labute approximate surface area is 238 Å². The molecule has 2 aromatic rings. The van der Waals surface area contributed by atoms with Crippen molar-refractivity contribution in [2.45, 2.75) is 65.8 Å². The van der Waals surface area contributed by atoms with Crippen LogP contribution < -0.4 is 10.5 Å². The van der Waals surface area contributed by atoms with Crippen LogP contribution in [0.15, 0.2) is 34.0 Å². The molecular formula is C28H31ClN4O3S2. The molecule has 0 N–H and O–H groups in total. The highest BCUT2D eigenvalue weighted by Crippen LogP contribution is 2.37. The topological polar surface area (TPSA) is 78.6 Å². The summed E-state index contributed by atoms with van der Waals surface area (Å²) < 4.78 is 8.10. The van der Waals surface area contributed by atoms with Crippen molar-refractivity contribution in [1.29, 1.82) is 5.26 Å². The normalized spacial score (nSPS) is 20.9. The first-order valence-electron chi connectivity index (χ1n) is 12.7. The zero-order valence-corrected chi connectivity index (χ0v) is 24.4. The standard InChI is InChI=1S/C28H31ClN4O3S2/c1-5-6-11-32-25(31-14-17(2)36-18(3)15-31)21(19(4)22(13-30)26(32)34)12-24-27(35)33(28(37)38-24)16-20-9-7-8-10-23(20)29/h7-10,12,17-18H,5-6,11,14-16H2,1-4H3/b24-12+. The number of hydrogen-bond donors (Lipinski definition) is 0. The number of halogens is 1. The molecule has 2 aliphatic heterocycles. The maximum absolute atomic E-state index is 13.6. The lowest BCUT2D eigenvalue weighted by Gasteiger charge is -2.39. The van der Waals surface area contributed by atoms with Gasteiger partial charge in [-0.25, -0.2) is 0 Å². The van der Waals surface area contributed by atoms with Gasteiger partial charge in [0, 0.05) is 30.2 Å². The third kappa shape index (κ3) is 5.69. The van der Waals surface area contributed by atoms with E-state index in [1.54, 1.807) is 28.5 Å². The molecule has 0 saturated carbocycles. The molecule has 0 bridgehead atoms. The summed E-state index contributed by atoms with van der Waals surface area (Å²) in [6.07, 6.45) is 3.41. The van der Waals surface area contributed by atoms with Gasteiger partial charge >= 0.3 is 0 Å². The summed E-state index contributed by atoms with van der Waals surface area (Å²) in [5.74, 6) is 0.497. The number of unbranched alkanes of at least 4 members (excludes halogenated alkanes) is 1. The maximum Gasteiger partial charge on any atom is 0.270 e. The Morgan fingerprint density at radius 2 is 1.92 bits per heavy atom. The zero-order valence-electron chi connectivity index (χ0n) is 22.0. The van der Waals surface area contributed by atoms with Crippen molar-refractivity contribution in [3.05, 3.63) is 66.8 Å². The summed E-state index contributed by atoms with van der Waals surface area (Å²) in [4.78, 5) is 31.2. The third-order valence-electron chi connectivity index (χ3n) is 6.74. The number of hydrogen-bond acceptors (Lipinski definition) is 7. The van der Waals surface area contributed by atoms with E-state index in [-0.39, 0.29) is 35.8 Å². The predicted octanol–water partition coefficient (Wildman–Crippen LogP) is 5.50. The third-order valence-corrected chi connectivity index (χ3v) is 8.48. The summed E-state index contributed by atoms with van der Waals surface area (Å²) in [7, 11) is 0. The number of ether oxygens (including phenoxy) is 1. The summed E-state index contributed by atoms with van der Waals surface area (Å²) in [5, 5.41) is 10.5. The zero-order chi connectivity index (χ0) is 27.6. The Bertz CT molecular complexity index is 1390. The SMILES string of the molecule is CCCCn1c(N2CC(C)OC(C)C2)c(/C=C2/SC(=S)N(Cc3ccccc3Cl)C2=O)c(C)c(C#N)c1=O. The van der Waals surface area contributed by atoms with Crippen LogP contribution in [-0.2, 0) is 22.6 Å². The van der Waals surface area contributed by atoms with E-state index in [0.717, 1.165) is 24.2 Å². The van der Waals surface area contributed by atoms with E-state index >= 15 is 0 Å². The lowest BCUT2D eigenvalue weighted by atomic mass is 10.0. The number of thioether (sulfide) groups is 1. The van der Waals surface area contributed by atoms with Gasteiger partial charge in [-0.05, 0) is 50.5 Å². The molecule has 1 aromatic heterocycles. The molecule has 2 aliphatic rings. The summed E-state index contributed by atoms with van der Waals surface area (Å²) in [6, 6.07) is 9.48. The van der Waals surface area contributed by atoms with Gasteiger partial charge in [-0.15, -0.1) is 0 Å². The number of rotatable bonds is 7. The highest BCUT2D eigenvalue weighted by molar-refractivity contribution is 8.26. The van der Waals surface area contributed by atoms with E-state index in [1.165, 1.54) is 11.8 Å². The van der Waals surface area contributed by atoms with Gasteiger partial charge in [-0.1, -0.05) is 67.1 Å². The molecule has 1 aromatic carbocycles. The Balaban J connectivity index is 1.85. The molecule has 0 radical (unpaired) electrons. The Morgan fingerprint density at radius 1 is 1.24 bits per heavy atom. The lowest BCUT2D eigenvalue weighted by Crippen LogP contribution is -2.48. The van der Waals surface area contributed by atoms with Crippen molar-refractivity contribution >= 4 is 57.7 Å². The number of carbonyl (C=O) groups is 1. The average molecular weight is 571 g/mol. The number of anilines is 1. The predicted molar refractivity (Wildman–Crippen MR) is 157 cm³/mol. The highest BCUT2D eigenvalue weighted by atomic mass is 35.5. The summed E-state index contributed by atoms with van der Waals surface area (Å²) in [6.45, 7) is 9.79. The molecule has 1 amide bonds. The van der Waals surface area contributed by atoms with Crippen molar-refractivity contribution in [1.82, 2.24) is 9.47 Å². The van der Waals surface area contributed by atoms with E-state index in [1.807, 2.05) is 32.0 Å². The summed E-state index contributed by atoms with van der Waals surface area (Å²) >= 11 is 13.1. The second kappa shape index (κ2) is 12.0. The molecule has 3 heterocycles. The Hall–Kier alpha value is -2.64. The molecule has 0 spiro atoms. The van der Waals surface area contributed by atoms with Crippen molar-refractivity contribution in [2.75, 3.05) is 18.0 Å². The fourth-order valence-electron chi connectivity index (χ4n) is 4.92. The molecule has 2 unspecified atom stereocenters. The molecule has 2 atom stereocenters. The van der Waals surface area contributed by atoms with E-state index in [9.17, 15) is 14.9 Å². The van der Waals surface area contributed by atoms with Crippen LogP contribution >= 0.6 is 35.6 Å². The molecule has 10 heteroatoms. The Kier molecular flexibility index (Phi) is 8.99. The summed E-state index contributed by atoms with van der Waals surface area (Å²) in [5.41, 5.74) is 1.85. The maximum atomic E-state index is 13.6. The quantitative estimate of drug-likeness (QED) is 0.321. The first-order valence-corrected chi connectivity index (χ1v) is 14.3. The largest absolute Gasteiger partial charge is 0.372 e. The average Bonchev–Trinajstić information content (AvgIpc) is 3.13. The fraction of sp³-hybridized carbons (Fsp3) is 0.429. The molecule has 2 saturated heterocycles. The van der Waals surface area contributed by atoms with Crippen LogP contribution in [0.25, 0.3) is 6.08 Å². The van der Waals surface area contributed by atoms with Gasteiger partial charge in [0.25, 0.3) is 11.5 Å². The van der Waals surface area contributed by atoms with Crippen LogP contribution in [0, 0.1) is 18.3 Å². The minimum Gasteiger partial charge on any atom is -0.372 e. The van der Waals surface area contributed by atoms with E-state index < -0.39 is 0 Å². The number of carbonyl (C=O) groups excluding carboxylic acids is 1. The molecule has 0 aliphatic carbocycles. The molecule has 38 heavy (non-hydrogen) atoms. The van der Waals surface area contributed by atoms with Crippen LogP contribution in [0.5, 0.6) is 0 Å². The minimum absolute atomic E-state index is 0.0360. The monoisotopic (exact) mass is 570 g/mol. The first-order chi connectivity index (χ1) is 18.2. The number of morpholine rings is 1. The molecule has 4 rings (SSSR count). The number of nitriles is 1. The van der Waals surface area contributed by atoms with Crippen LogP contribution in [-0.4, -0.2) is 45.0 Å². The first kappa shape index (κ1) is 28.4. The second-order valence-corrected chi connectivity index (χ2v) is 11.8. The molecular weight excluding hydrogens is 540 g/mol. The lowest BCUT2D eigenvalue weighted by molar-refractivity contribution is -0.122. The van der Waals surface area contributed by atoms with E-state index in [0.29, 0.717) is 45.0 Å². The number of thiocarbonyl (C=S) groups is 1. The number of pyridine rings is 1. The van der Waals surface area contributed by atoms with Gasteiger partial charge in [0.15, 0.2) is 0 Å². The van der Waals surface area contributed by atoms with Crippen LogP contribution in [0.2, 0.25) is 5.02 Å². The van der Waals surface area contributed by atoms with Crippen LogP contribution in [0.3, 0.4) is 0 Å². The number of aromatic nitrogens is 1. The number of benzene rings is 1. The van der Waals surface area contributed by atoms with Gasteiger partial charge in [-0.2, -0.15) is 5.26 Å². The van der Waals surface area contributed by atoms with E-state index in [4.69, 9.17) is 28.6 Å². The van der Waals surface area contributed by atoms with Gasteiger partial charge in [0.05, 0.1) is 23.7 Å². The molecule has 7 nitrogen and oxygen atoms in total. The smallest absolute Gasteiger partial charge is 0.270 e. The van der Waals surface area contributed by atoms with Crippen LogP contribution in [0.4, 0.5) is 5.82 Å². The highest BCUT2D eigenvalue weighted by Gasteiger charge is 2.34. The molecule has 2 fully saturated rings. The second-order valence-electron chi connectivity index (χ2n) is 9.68. The van der Waals surface area contributed by atoms with Crippen molar-refractivity contribution in [2.24, 2.45) is 0 Å². The fourth-order valence-corrected chi connectivity index (χ4v) is 6.36. The van der Waals surface area contributed by atoms with E-state index in [2.05, 4.69) is 17.9 Å².